The molecule has 0 saturated carbocycles. The van der Waals surface area contributed by atoms with Gasteiger partial charge in [0.25, 0.3) is 0 Å². The number of hydrogen-bond donors (Lipinski definition) is 0. The van der Waals surface area contributed by atoms with E-state index < -0.39 is 5.38 Å². The molecular weight excluding hydrogens is 377 g/mol. The SMILES string of the molecule is CCCc1ccc(Cl)nc1C(Cl)c1cc(C2OCCO2)sc1Cl. The van der Waals surface area contributed by atoms with Gasteiger partial charge in [0.05, 0.1) is 28.1 Å². The minimum atomic E-state index is -0.450. The summed E-state index contributed by atoms with van der Waals surface area (Å²) in [5.41, 5.74) is 2.68. The second-order valence-electron chi connectivity index (χ2n) is 5.24. The average molecular weight is 393 g/mol. The van der Waals surface area contributed by atoms with E-state index in [0.717, 1.165) is 34.5 Å². The number of thiophene rings is 1. The number of nitrogens with zero attached hydrogens (tertiary/aromatic N) is 1. The van der Waals surface area contributed by atoms with Gasteiger partial charge in [-0.1, -0.05) is 42.6 Å². The zero-order chi connectivity index (χ0) is 16.4. The average Bonchev–Trinajstić information content (AvgIpc) is 3.18. The van der Waals surface area contributed by atoms with E-state index in [0.29, 0.717) is 22.7 Å². The van der Waals surface area contributed by atoms with Crippen LogP contribution in [0.25, 0.3) is 0 Å². The largest absolute Gasteiger partial charge is 0.345 e. The van der Waals surface area contributed by atoms with Crippen LogP contribution in [0.4, 0.5) is 0 Å². The summed E-state index contributed by atoms with van der Waals surface area (Å²) in [6, 6.07) is 5.72. The molecule has 1 aliphatic rings. The van der Waals surface area contributed by atoms with Crippen LogP contribution in [0.3, 0.4) is 0 Å². The van der Waals surface area contributed by atoms with E-state index in [2.05, 4.69) is 11.9 Å². The molecule has 2 aromatic heterocycles. The molecule has 0 aliphatic carbocycles. The van der Waals surface area contributed by atoms with E-state index in [9.17, 15) is 0 Å². The van der Waals surface area contributed by atoms with E-state index in [1.54, 1.807) is 6.07 Å². The Kier molecular flexibility index (Phi) is 5.83. The van der Waals surface area contributed by atoms with Gasteiger partial charge in [0.1, 0.15) is 10.5 Å². The first-order valence-electron chi connectivity index (χ1n) is 7.42. The van der Waals surface area contributed by atoms with Crippen molar-refractivity contribution < 1.29 is 9.47 Å². The van der Waals surface area contributed by atoms with Gasteiger partial charge in [-0.3, -0.25) is 0 Å². The van der Waals surface area contributed by atoms with E-state index in [4.69, 9.17) is 44.3 Å². The van der Waals surface area contributed by atoms with Crippen LogP contribution in [0, 0.1) is 0 Å². The Labute approximate surface area is 154 Å². The van der Waals surface area contributed by atoms with Gasteiger partial charge in [0.15, 0.2) is 6.29 Å². The molecule has 23 heavy (non-hydrogen) atoms. The van der Waals surface area contributed by atoms with Crippen molar-refractivity contribution in [3.05, 3.63) is 49.4 Å². The molecule has 7 heteroatoms. The maximum atomic E-state index is 6.69. The molecular formula is C16H16Cl3NO2S. The Morgan fingerprint density at radius 3 is 2.74 bits per heavy atom. The third-order valence-corrected chi connectivity index (χ3v) is 5.66. The minimum absolute atomic E-state index is 0.349. The van der Waals surface area contributed by atoms with Crippen molar-refractivity contribution in [1.29, 1.82) is 0 Å². The molecule has 3 heterocycles. The van der Waals surface area contributed by atoms with E-state index >= 15 is 0 Å². The highest BCUT2D eigenvalue weighted by atomic mass is 35.5. The number of aryl methyl sites for hydroxylation is 1. The summed E-state index contributed by atoms with van der Waals surface area (Å²) in [5.74, 6) is 0. The molecule has 0 aromatic carbocycles. The first kappa shape index (κ1) is 17.5. The molecule has 2 aromatic rings. The van der Waals surface area contributed by atoms with Gasteiger partial charge < -0.3 is 9.47 Å². The smallest absolute Gasteiger partial charge is 0.193 e. The van der Waals surface area contributed by atoms with Crippen LogP contribution in [-0.4, -0.2) is 18.2 Å². The summed E-state index contributed by atoms with van der Waals surface area (Å²) in [5, 5.41) is -0.0197. The zero-order valence-corrected chi connectivity index (χ0v) is 15.6. The predicted molar refractivity (Wildman–Crippen MR) is 94.9 cm³/mol. The van der Waals surface area contributed by atoms with Gasteiger partial charge in [-0.2, -0.15) is 0 Å². The first-order chi connectivity index (χ1) is 11.1. The molecule has 0 bridgehead atoms. The number of alkyl halides is 1. The Morgan fingerprint density at radius 2 is 2.04 bits per heavy atom. The second kappa shape index (κ2) is 7.68. The Balaban J connectivity index is 1.93. The van der Waals surface area contributed by atoms with Crippen molar-refractivity contribution in [2.75, 3.05) is 13.2 Å². The van der Waals surface area contributed by atoms with Crippen molar-refractivity contribution in [3.63, 3.8) is 0 Å². The van der Waals surface area contributed by atoms with Crippen molar-refractivity contribution in [2.24, 2.45) is 0 Å². The molecule has 1 fully saturated rings. The lowest BCUT2D eigenvalue weighted by atomic mass is 10.0. The third-order valence-electron chi connectivity index (χ3n) is 3.60. The third kappa shape index (κ3) is 3.84. The fourth-order valence-corrected chi connectivity index (χ4v) is 4.53. The van der Waals surface area contributed by atoms with Crippen LogP contribution >= 0.6 is 46.1 Å². The summed E-state index contributed by atoms with van der Waals surface area (Å²) < 4.78 is 11.7. The lowest BCUT2D eigenvalue weighted by Gasteiger charge is -2.13. The van der Waals surface area contributed by atoms with Crippen molar-refractivity contribution in [3.8, 4) is 0 Å². The van der Waals surface area contributed by atoms with Gasteiger partial charge in [-0.25, -0.2) is 4.98 Å². The van der Waals surface area contributed by atoms with E-state index in [-0.39, 0.29) is 6.29 Å². The summed E-state index contributed by atoms with van der Waals surface area (Å²) >= 11 is 20.6. The molecule has 1 aliphatic heterocycles. The van der Waals surface area contributed by atoms with Crippen LogP contribution in [0.2, 0.25) is 9.49 Å². The van der Waals surface area contributed by atoms with Crippen LogP contribution in [0.15, 0.2) is 18.2 Å². The van der Waals surface area contributed by atoms with Gasteiger partial charge in [0.2, 0.25) is 0 Å². The number of pyridine rings is 1. The normalized spacial score (nSPS) is 16.9. The van der Waals surface area contributed by atoms with Crippen molar-refractivity contribution >= 4 is 46.1 Å². The minimum Gasteiger partial charge on any atom is -0.345 e. The Hall–Kier alpha value is -0.360. The summed E-state index contributed by atoms with van der Waals surface area (Å²) in [7, 11) is 0. The molecule has 0 amide bonds. The quantitative estimate of drug-likeness (QED) is 0.477. The molecule has 1 saturated heterocycles. The van der Waals surface area contributed by atoms with Crippen LogP contribution in [0.5, 0.6) is 0 Å². The summed E-state index contributed by atoms with van der Waals surface area (Å²) in [6.45, 7) is 3.30. The highest BCUT2D eigenvalue weighted by Crippen LogP contribution is 2.42. The second-order valence-corrected chi connectivity index (χ2v) is 7.75. The fourth-order valence-electron chi connectivity index (χ4n) is 2.54. The molecule has 3 nitrogen and oxygen atoms in total. The monoisotopic (exact) mass is 391 g/mol. The zero-order valence-electron chi connectivity index (χ0n) is 12.5. The van der Waals surface area contributed by atoms with Crippen molar-refractivity contribution in [1.82, 2.24) is 4.98 Å². The standard InChI is InChI=1S/C16H16Cl3NO2S/c1-2-3-9-4-5-12(17)20-14(9)13(18)10-8-11(23-15(10)19)16-21-6-7-22-16/h4-5,8,13,16H,2-3,6-7H2,1H3. The molecule has 0 spiro atoms. The molecule has 1 unspecified atom stereocenters. The molecule has 0 radical (unpaired) electrons. The topological polar surface area (TPSA) is 31.4 Å². The Morgan fingerprint density at radius 1 is 1.30 bits per heavy atom. The van der Waals surface area contributed by atoms with Crippen LogP contribution in [-0.2, 0) is 15.9 Å². The van der Waals surface area contributed by atoms with E-state index in [1.165, 1.54) is 11.3 Å². The van der Waals surface area contributed by atoms with E-state index in [1.807, 2.05) is 12.1 Å². The maximum absolute atomic E-state index is 6.69. The highest BCUT2D eigenvalue weighted by molar-refractivity contribution is 7.16. The molecule has 3 rings (SSSR count). The van der Waals surface area contributed by atoms with Gasteiger partial charge in [0, 0.05) is 5.56 Å². The number of rotatable bonds is 5. The number of ether oxygens (including phenoxy) is 2. The number of hydrogen-bond acceptors (Lipinski definition) is 4. The Bertz CT molecular complexity index is 686. The van der Waals surface area contributed by atoms with Gasteiger partial charge in [-0.05, 0) is 24.1 Å². The number of halogens is 3. The fraction of sp³-hybridized carbons (Fsp3) is 0.438. The maximum Gasteiger partial charge on any atom is 0.193 e. The summed E-state index contributed by atoms with van der Waals surface area (Å²) in [6.07, 6.45) is 1.55. The molecule has 124 valence electrons. The van der Waals surface area contributed by atoms with Crippen molar-refractivity contribution in [2.45, 2.75) is 31.4 Å². The van der Waals surface area contributed by atoms with Crippen LogP contribution < -0.4 is 0 Å². The van der Waals surface area contributed by atoms with Crippen LogP contribution in [0.1, 0.15) is 46.7 Å². The molecule has 1 atom stereocenters. The molecule has 0 N–H and O–H groups in total. The first-order valence-corrected chi connectivity index (χ1v) is 9.42. The van der Waals surface area contributed by atoms with Gasteiger partial charge >= 0.3 is 0 Å². The lowest BCUT2D eigenvalue weighted by molar-refractivity contribution is -0.0413. The number of aromatic nitrogens is 1. The highest BCUT2D eigenvalue weighted by Gasteiger charge is 2.26. The lowest BCUT2D eigenvalue weighted by Crippen LogP contribution is -2.03. The predicted octanol–water partition coefficient (Wildman–Crippen LogP) is 5.78. The van der Waals surface area contributed by atoms with Gasteiger partial charge in [-0.15, -0.1) is 22.9 Å². The summed E-state index contributed by atoms with van der Waals surface area (Å²) in [4.78, 5) is 5.36.